The Labute approximate surface area is 164 Å². The number of aliphatic imine (C=N–C) groups is 1. The minimum Gasteiger partial charge on any atom is -0.360 e. The van der Waals surface area contributed by atoms with Crippen molar-refractivity contribution in [3.63, 3.8) is 0 Å². The molecule has 0 N–H and O–H groups in total. The summed E-state index contributed by atoms with van der Waals surface area (Å²) in [5.74, 6) is 0.548. The van der Waals surface area contributed by atoms with E-state index in [-0.39, 0.29) is 5.54 Å². The number of benzene rings is 2. The first-order valence-electron chi connectivity index (χ1n) is 9.96. The van der Waals surface area contributed by atoms with Gasteiger partial charge in [-0.1, -0.05) is 38.1 Å². The van der Waals surface area contributed by atoms with Gasteiger partial charge in [-0.25, -0.2) is 0 Å². The van der Waals surface area contributed by atoms with Crippen LogP contribution in [0.1, 0.15) is 71.1 Å². The van der Waals surface area contributed by atoms with Gasteiger partial charge < -0.3 is 4.90 Å². The molecule has 2 aromatic rings. The van der Waals surface area contributed by atoms with Crippen molar-refractivity contribution in [1.82, 2.24) is 0 Å². The molecular weight excluding hydrogens is 328 g/mol. The molecule has 0 unspecified atom stereocenters. The number of fused-ring (bicyclic) bond motifs is 1. The molecule has 0 aliphatic carbocycles. The first-order valence-corrected chi connectivity index (χ1v) is 9.96. The Hall–Kier alpha value is -2.35. The van der Waals surface area contributed by atoms with Crippen molar-refractivity contribution >= 4 is 23.2 Å². The van der Waals surface area contributed by atoms with E-state index in [1.807, 2.05) is 6.21 Å². The van der Waals surface area contributed by atoms with Gasteiger partial charge in [0.05, 0.1) is 11.2 Å². The first kappa shape index (κ1) is 19.4. The number of hydrogen-bond donors (Lipinski definition) is 0. The second kappa shape index (κ2) is 7.34. The van der Waals surface area contributed by atoms with Crippen molar-refractivity contribution in [2.45, 2.75) is 66.0 Å². The summed E-state index contributed by atoms with van der Waals surface area (Å²) >= 11 is 0. The molecule has 142 valence electrons. The molecule has 0 spiro atoms. The molecule has 0 fully saturated rings. The van der Waals surface area contributed by atoms with E-state index >= 15 is 0 Å². The van der Waals surface area contributed by atoms with Gasteiger partial charge in [0, 0.05) is 23.5 Å². The monoisotopic (exact) mass is 360 g/mol. The highest BCUT2D eigenvalue weighted by molar-refractivity contribution is 5.88. The highest BCUT2D eigenvalue weighted by Gasteiger charge is 2.32. The van der Waals surface area contributed by atoms with Gasteiger partial charge in [-0.2, -0.15) is 0 Å². The maximum absolute atomic E-state index is 4.68. The van der Waals surface area contributed by atoms with E-state index in [2.05, 4.69) is 107 Å². The molecule has 0 amide bonds. The van der Waals surface area contributed by atoms with Crippen molar-refractivity contribution in [3.8, 4) is 0 Å². The molecule has 0 saturated heterocycles. The molecule has 3 rings (SSSR count). The van der Waals surface area contributed by atoms with E-state index < -0.39 is 0 Å². The highest BCUT2D eigenvalue weighted by atomic mass is 15.2. The Bertz CT molecular complexity index is 868. The van der Waals surface area contributed by atoms with Crippen molar-refractivity contribution in [2.75, 3.05) is 4.90 Å². The lowest BCUT2D eigenvalue weighted by Crippen LogP contribution is -2.49. The molecule has 2 aromatic carbocycles. The van der Waals surface area contributed by atoms with Gasteiger partial charge in [-0.05, 0) is 81.5 Å². The summed E-state index contributed by atoms with van der Waals surface area (Å²) in [5, 5.41) is 0. The maximum atomic E-state index is 4.68. The zero-order valence-corrected chi connectivity index (χ0v) is 17.7. The van der Waals surface area contributed by atoms with Crippen LogP contribution in [0.2, 0.25) is 0 Å². The molecule has 1 aliphatic rings. The third kappa shape index (κ3) is 4.00. The minimum atomic E-state index is 0.0268. The van der Waals surface area contributed by atoms with E-state index in [0.717, 1.165) is 11.3 Å². The number of nitrogens with zero attached hydrogens (tertiary/aromatic N) is 2. The van der Waals surface area contributed by atoms with Crippen molar-refractivity contribution in [2.24, 2.45) is 4.99 Å². The molecule has 0 atom stereocenters. The third-order valence-corrected chi connectivity index (χ3v) is 5.33. The molecule has 0 bridgehead atoms. The van der Waals surface area contributed by atoms with Gasteiger partial charge in [0.15, 0.2) is 0 Å². The van der Waals surface area contributed by atoms with Crippen LogP contribution in [0.4, 0.5) is 11.4 Å². The normalized spacial score (nSPS) is 16.2. The van der Waals surface area contributed by atoms with Crippen LogP contribution in [0.15, 0.2) is 53.5 Å². The van der Waals surface area contributed by atoms with E-state index in [1.165, 1.54) is 22.4 Å². The lowest BCUT2D eigenvalue weighted by Gasteiger charge is -2.46. The Morgan fingerprint density at radius 1 is 0.963 bits per heavy atom. The van der Waals surface area contributed by atoms with E-state index in [0.29, 0.717) is 12.0 Å². The van der Waals surface area contributed by atoms with E-state index in [4.69, 9.17) is 0 Å². The fourth-order valence-corrected chi connectivity index (χ4v) is 4.19. The molecule has 0 radical (unpaired) electrons. The second-order valence-corrected chi connectivity index (χ2v) is 8.73. The van der Waals surface area contributed by atoms with Crippen LogP contribution < -0.4 is 4.90 Å². The summed E-state index contributed by atoms with van der Waals surface area (Å²) in [7, 11) is 0. The molecule has 2 heteroatoms. The maximum Gasteiger partial charge on any atom is 0.0630 e. The van der Waals surface area contributed by atoms with Gasteiger partial charge in [0.2, 0.25) is 0 Å². The number of rotatable bonds is 4. The van der Waals surface area contributed by atoms with Crippen LogP contribution in [0.3, 0.4) is 0 Å². The Balaban J connectivity index is 1.91. The summed E-state index contributed by atoms with van der Waals surface area (Å²) in [6.45, 7) is 15.7. The van der Waals surface area contributed by atoms with Crippen LogP contribution in [0, 0.1) is 0 Å². The predicted octanol–water partition coefficient (Wildman–Crippen LogP) is 6.97. The summed E-state index contributed by atoms with van der Waals surface area (Å²) < 4.78 is 0. The van der Waals surface area contributed by atoms with Crippen LogP contribution in [-0.4, -0.2) is 17.8 Å². The van der Waals surface area contributed by atoms with E-state index in [9.17, 15) is 0 Å². The molecule has 1 aliphatic heterocycles. The van der Waals surface area contributed by atoms with Crippen molar-refractivity contribution in [1.29, 1.82) is 0 Å². The summed E-state index contributed by atoms with van der Waals surface area (Å²) in [4.78, 5) is 7.18. The number of hydrogen-bond acceptors (Lipinski definition) is 2. The van der Waals surface area contributed by atoms with Crippen LogP contribution in [0.5, 0.6) is 0 Å². The van der Waals surface area contributed by atoms with Crippen LogP contribution in [-0.2, 0) is 0 Å². The van der Waals surface area contributed by atoms with Gasteiger partial charge in [0.1, 0.15) is 0 Å². The first-order chi connectivity index (χ1) is 12.7. The molecule has 2 nitrogen and oxygen atoms in total. The standard InChI is InChI=1S/C25H32N2/c1-17(2)21-9-11-22(12-10-21)26-16-20-8-13-24-23(14-20)19(5)15-25(6,7)27(24)18(3)4/h8-18H,1-7H3. The summed E-state index contributed by atoms with van der Waals surface area (Å²) in [6.07, 6.45) is 4.35. The average molecular weight is 361 g/mol. The van der Waals surface area contributed by atoms with Crippen molar-refractivity contribution < 1.29 is 0 Å². The predicted molar refractivity (Wildman–Crippen MR) is 120 cm³/mol. The molecular formula is C25H32N2. The summed E-state index contributed by atoms with van der Waals surface area (Å²) in [6, 6.07) is 15.7. The Morgan fingerprint density at radius 3 is 2.22 bits per heavy atom. The van der Waals surface area contributed by atoms with Gasteiger partial charge in [-0.3, -0.25) is 4.99 Å². The highest BCUT2D eigenvalue weighted by Crippen LogP contribution is 2.40. The largest absolute Gasteiger partial charge is 0.360 e. The zero-order valence-electron chi connectivity index (χ0n) is 17.7. The van der Waals surface area contributed by atoms with E-state index in [1.54, 1.807) is 0 Å². The third-order valence-electron chi connectivity index (χ3n) is 5.33. The van der Waals surface area contributed by atoms with Crippen LogP contribution >= 0.6 is 0 Å². The van der Waals surface area contributed by atoms with Gasteiger partial charge in [-0.15, -0.1) is 0 Å². The van der Waals surface area contributed by atoms with Crippen molar-refractivity contribution in [3.05, 3.63) is 65.2 Å². The zero-order chi connectivity index (χ0) is 19.8. The lowest BCUT2D eigenvalue weighted by molar-refractivity contribution is 0.507. The smallest absolute Gasteiger partial charge is 0.0630 e. The van der Waals surface area contributed by atoms with Crippen LogP contribution in [0.25, 0.3) is 5.57 Å². The van der Waals surface area contributed by atoms with Gasteiger partial charge in [0.25, 0.3) is 0 Å². The molecule has 0 aromatic heterocycles. The quantitative estimate of drug-likeness (QED) is 0.537. The number of allylic oxidation sites excluding steroid dienone is 1. The molecule has 1 heterocycles. The lowest BCUT2D eigenvalue weighted by atomic mass is 9.87. The second-order valence-electron chi connectivity index (χ2n) is 8.73. The summed E-state index contributed by atoms with van der Waals surface area (Å²) in [5.41, 5.74) is 7.46. The van der Waals surface area contributed by atoms with Gasteiger partial charge >= 0.3 is 0 Å². The SMILES string of the molecule is CC1=CC(C)(C)N(C(C)C)c2ccc(C=Nc3ccc(C(C)C)cc3)cc21. The topological polar surface area (TPSA) is 15.6 Å². The number of anilines is 1. The Kier molecular flexibility index (Phi) is 5.28. The fourth-order valence-electron chi connectivity index (χ4n) is 4.19. The Morgan fingerprint density at radius 2 is 1.63 bits per heavy atom. The molecule has 27 heavy (non-hydrogen) atoms. The average Bonchev–Trinajstić information content (AvgIpc) is 2.59. The minimum absolute atomic E-state index is 0.0268. The fraction of sp³-hybridized carbons (Fsp3) is 0.400. The molecule has 0 saturated carbocycles.